The Balaban J connectivity index is 1.39. The van der Waals surface area contributed by atoms with Crippen LogP contribution >= 0.6 is 0 Å². The summed E-state index contributed by atoms with van der Waals surface area (Å²) in [4.78, 5) is 22.8. The van der Waals surface area contributed by atoms with Crippen molar-refractivity contribution in [2.75, 3.05) is 20.7 Å². The molecular formula is C31H41N3O3. The minimum atomic E-state index is -0.175. The Labute approximate surface area is 220 Å². The van der Waals surface area contributed by atoms with Crippen LogP contribution in [0, 0.1) is 12.8 Å². The molecule has 2 fully saturated rings. The van der Waals surface area contributed by atoms with Gasteiger partial charge >= 0.3 is 0 Å². The average Bonchev–Trinajstić information content (AvgIpc) is 3.34. The number of amides is 1. The highest BCUT2D eigenvalue weighted by molar-refractivity contribution is 5.96. The second kappa shape index (κ2) is 7.34. The number of likely N-dealkylation sites (tertiary alicyclic amines) is 2. The van der Waals surface area contributed by atoms with Crippen LogP contribution in [0.4, 0.5) is 0 Å². The van der Waals surface area contributed by atoms with E-state index in [9.17, 15) is 4.79 Å². The number of hydrogen-bond acceptors (Lipinski definition) is 4. The molecule has 0 unspecified atom stereocenters. The van der Waals surface area contributed by atoms with Crippen molar-refractivity contribution in [1.82, 2.24) is 14.8 Å². The molecule has 1 N–H and O–H groups in total. The number of methoxy groups -OCH3 is 1. The Morgan fingerprint density at radius 3 is 2.54 bits per heavy atom. The van der Waals surface area contributed by atoms with Gasteiger partial charge in [-0.25, -0.2) is 0 Å². The Morgan fingerprint density at radius 1 is 1.11 bits per heavy atom. The number of piperidine rings is 2. The van der Waals surface area contributed by atoms with Crippen LogP contribution in [0.5, 0.6) is 11.5 Å². The van der Waals surface area contributed by atoms with Crippen LogP contribution in [-0.4, -0.2) is 58.5 Å². The number of benzene rings is 1. The summed E-state index contributed by atoms with van der Waals surface area (Å²) >= 11 is 0. The molecule has 5 aliphatic rings. The van der Waals surface area contributed by atoms with Gasteiger partial charge in [0.05, 0.1) is 12.8 Å². The standard InChI is InChI=1S/C31H41N3O3/c1-17-19-16-20-21-15-18-9-10-22(36-7)26-23(18)31(20,13-14-33(21)6)27(37-26)25(19)32-24(17)28(35)34-29(2,3)11-8-12-30(34,4)5/h9-10,20-21,27,32H,8,11-16H2,1-7H3/t20-,21+,27-,31-/m0/s1. The van der Waals surface area contributed by atoms with E-state index in [1.807, 2.05) is 0 Å². The lowest BCUT2D eigenvalue weighted by Gasteiger charge is -2.57. The topological polar surface area (TPSA) is 57.8 Å². The van der Waals surface area contributed by atoms with E-state index in [0.717, 1.165) is 73.5 Å². The third-order valence-corrected chi connectivity index (χ3v) is 10.9. The van der Waals surface area contributed by atoms with E-state index in [2.05, 4.69) is 68.6 Å². The lowest BCUT2D eigenvalue weighted by molar-refractivity contribution is -0.0257. The van der Waals surface area contributed by atoms with Crippen LogP contribution < -0.4 is 9.47 Å². The van der Waals surface area contributed by atoms with Crippen molar-refractivity contribution in [3.63, 3.8) is 0 Å². The van der Waals surface area contributed by atoms with Crippen LogP contribution in [0.3, 0.4) is 0 Å². The highest BCUT2D eigenvalue weighted by Crippen LogP contribution is 2.67. The van der Waals surface area contributed by atoms with Gasteiger partial charge in [0.25, 0.3) is 5.91 Å². The Hall–Kier alpha value is -2.47. The summed E-state index contributed by atoms with van der Waals surface area (Å²) < 4.78 is 12.7. The molecular weight excluding hydrogens is 462 g/mol. The summed E-state index contributed by atoms with van der Waals surface area (Å²) in [6, 6.07) is 4.82. The van der Waals surface area contributed by atoms with Gasteiger partial charge in [-0.1, -0.05) is 6.07 Å². The molecule has 1 aromatic heterocycles. The van der Waals surface area contributed by atoms with Gasteiger partial charge in [0, 0.05) is 28.1 Å². The molecule has 3 aliphatic heterocycles. The van der Waals surface area contributed by atoms with E-state index in [1.165, 1.54) is 16.7 Å². The van der Waals surface area contributed by atoms with Crippen molar-refractivity contribution >= 4 is 5.91 Å². The summed E-state index contributed by atoms with van der Waals surface area (Å²) in [5.74, 6) is 2.36. The van der Waals surface area contributed by atoms with E-state index in [1.54, 1.807) is 7.11 Å². The minimum Gasteiger partial charge on any atom is -0.493 e. The number of aromatic amines is 1. The normalized spacial score (nSPS) is 32.4. The number of fused-ring (bicyclic) bond motifs is 2. The molecule has 6 heteroatoms. The highest BCUT2D eigenvalue weighted by Gasteiger charge is 2.65. The third kappa shape index (κ3) is 2.83. The predicted octanol–water partition coefficient (Wildman–Crippen LogP) is 5.32. The molecule has 2 aliphatic carbocycles. The van der Waals surface area contributed by atoms with Crippen LogP contribution in [0.2, 0.25) is 0 Å². The van der Waals surface area contributed by atoms with Crippen LogP contribution in [0.25, 0.3) is 0 Å². The monoisotopic (exact) mass is 503 g/mol. The fourth-order valence-electron chi connectivity index (χ4n) is 9.31. The van der Waals surface area contributed by atoms with Crippen LogP contribution in [-0.2, 0) is 18.3 Å². The van der Waals surface area contributed by atoms with Crippen molar-refractivity contribution in [3.05, 3.63) is 45.8 Å². The number of aromatic nitrogens is 1. The fraction of sp³-hybridized carbons (Fsp3) is 0.645. The number of rotatable bonds is 2. The van der Waals surface area contributed by atoms with E-state index in [4.69, 9.17) is 9.47 Å². The zero-order valence-electron chi connectivity index (χ0n) is 23.5. The highest BCUT2D eigenvalue weighted by atomic mass is 16.5. The number of H-pyrrole nitrogens is 1. The van der Waals surface area contributed by atoms with E-state index in [-0.39, 0.29) is 28.5 Å². The number of nitrogens with zero attached hydrogens (tertiary/aromatic N) is 2. The first-order valence-corrected chi connectivity index (χ1v) is 14.1. The number of carbonyl (C=O) groups is 1. The summed E-state index contributed by atoms with van der Waals surface area (Å²) in [5, 5.41) is 0. The van der Waals surface area contributed by atoms with Gasteiger partial charge < -0.3 is 24.3 Å². The minimum absolute atomic E-state index is 0.0666. The van der Waals surface area contributed by atoms with Crippen molar-refractivity contribution in [2.45, 2.75) is 102 Å². The van der Waals surface area contributed by atoms with Gasteiger partial charge in [0.15, 0.2) is 11.5 Å². The number of carbonyl (C=O) groups excluding carboxylic acids is 1. The number of nitrogens with one attached hydrogen (secondary N) is 1. The van der Waals surface area contributed by atoms with Crippen molar-refractivity contribution in [3.8, 4) is 11.5 Å². The zero-order chi connectivity index (χ0) is 26.1. The zero-order valence-corrected chi connectivity index (χ0v) is 23.5. The average molecular weight is 504 g/mol. The second-order valence-electron chi connectivity index (χ2n) is 13.6. The molecule has 1 amide bonds. The molecule has 1 spiro atoms. The Bertz CT molecular complexity index is 1310. The first-order chi connectivity index (χ1) is 17.5. The van der Waals surface area contributed by atoms with Gasteiger partial charge in [-0.3, -0.25) is 4.79 Å². The third-order valence-electron chi connectivity index (χ3n) is 10.9. The lowest BCUT2D eigenvalue weighted by atomic mass is 9.51. The number of hydrogen-bond donors (Lipinski definition) is 1. The number of likely N-dealkylation sites (N-methyl/N-ethyl adjacent to an activating group) is 1. The van der Waals surface area contributed by atoms with Crippen LogP contribution in [0.15, 0.2) is 12.1 Å². The summed E-state index contributed by atoms with van der Waals surface area (Å²) in [6.45, 7) is 12.1. The molecule has 4 heterocycles. The van der Waals surface area contributed by atoms with E-state index in [0.29, 0.717) is 12.0 Å². The first kappa shape index (κ1) is 23.6. The SMILES string of the molecule is COc1ccc2c3c1O[C@H]1c4[nH]c(C(=O)N5C(C)(C)CCCC5(C)C)c(C)c4C[C@H]4[C@@H](C2)N(C)CC[C@]314. The van der Waals surface area contributed by atoms with Gasteiger partial charge in [0.2, 0.25) is 0 Å². The maximum atomic E-state index is 14.3. The Kier molecular flexibility index (Phi) is 4.69. The lowest BCUT2D eigenvalue weighted by Crippen LogP contribution is -2.62. The molecule has 37 heavy (non-hydrogen) atoms. The molecule has 4 atom stereocenters. The molecule has 2 aromatic rings. The van der Waals surface area contributed by atoms with Crippen LogP contribution in [0.1, 0.15) is 97.9 Å². The summed E-state index contributed by atoms with van der Waals surface area (Å²) in [5.41, 5.74) is 6.68. The maximum absolute atomic E-state index is 14.3. The molecule has 6 nitrogen and oxygen atoms in total. The van der Waals surface area contributed by atoms with Gasteiger partial charge in [-0.15, -0.1) is 0 Å². The molecule has 7 rings (SSSR count). The Morgan fingerprint density at radius 2 is 1.84 bits per heavy atom. The molecule has 0 saturated carbocycles. The van der Waals surface area contributed by atoms with Gasteiger partial charge in [0.1, 0.15) is 11.8 Å². The number of ether oxygens (including phenoxy) is 2. The first-order valence-electron chi connectivity index (χ1n) is 14.1. The largest absolute Gasteiger partial charge is 0.493 e. The summed E-state index contributed by atoms with van der Waals surface area (Å²) in [7, 11) is 4.02. The molecule has 1 aromatic carbocycles. The molecule has 2 saturated heterocycles. The maximum Gasteiger partial charge on any atom is 0.271 e. The molecule has 2 bridgehead atoms. The predicted molar refractivity (Wildman–Crippen MR) is 144 cm³/mol. The van der Waals surface area contributed by atoms with Gasteiger partial charge in [-0.05, 0) is 115 Å². The smallest absolute Gasteiger partial charge is 0.271 e. The van der Waals surface area contributed by atoms with Crippen molar-refractivity contribution in [2.24, 2.45) is 5.92 Å². The summed E-state index contributed by atoms with van der Waals surface area (Å²) in [6.07, 6.45) is 6.21. The van der Waals surface area contributed by atoms with E-state index >= 15 is 0 Å². The van der Waals surface area contributed by atoms with E-state index < -0.39 is 0 Å². The van der Waals surface area contributed by atoms with Crippen molar-refractivity contribution < 1.29 is 14.3 Å². The van der Waals surface area contributed by atoms with Crippen molar-refractivity contribution in [1.29, 1.82) is 0 Å². The molecule has 198 valence electrons. The quantitative estimate of drug-likeness (QED) is 0.603. The second-order valence-corrected chi connectivity index (χ2v) is 13.6. The van der Waals surface area contributed by atoms with Gasteiger partial charge in [-0.2, -0.15) is 0 Å². The fourth-order valence-corrected chi connectivity index (χ4v) is 9.31. The molecule has 0 radical (unpaired) electrons.